The summed E-state index contributed by atoms with van der Waals surface area (Å²) in [7, 11) is 0. The zero-order chi connectivity index (χ0) is 9.47. The van der Waals surface area contributed by atoms with E-state index >= 15 is 0 Å². The standard InChI is InChI=1S/C11H13ClO/c1-11(2)6-8-4-3-5-9(7-12)10(8)13-11/h3-5H,6-7H2,1-2H3. The molecule has 0 saturated heterocycles. The highest BCUT2D eigenvalue weighted by molar-refractivity contribution is 6.17. The molecule has 0 spiro atoms. The molecule has 1 aliphatic heterocycles. The monoisotopic (exact) mass is 196 g/mol. The third-order valence-electron chi connectivity index (χ3n) is 2.32. The molecule has 70 valence electrons. The van der Waals surface area contributed by atoms with Gasteiger partial charge in [0.05, 0.1) is 5.88 Å². The van der Waals surface area contributed by atoms with Crippen LogP contribution in [0.4, 0.5) is 0 Å². The molecular formula is C11H13ClO. The van der Waals surface area contributed by atoms with Crippen LogP contribution in [-0.4, -0.2) is 5.60 Å². The molecule has 1 nitrogen and oxygen atoms in total. The van der Waals surface area contributed by atoms with E-state index in [4.69, 9.17) is 16.3 Å². The number of fused-ring (bicyclic) bond motifs is 1. The van der Waals surface area contributed by atoms with Crippen molar-refractivity contribution in [3.05, 3.63) is 29.3 Å². The van der Waals surface area contributed by atoms with Gasteiger partial charge in [-0.15, -0.1) is 11.6 Å². The van der Waals surface area contributed by atoms with Gasteiger partial charge in [-0.2, -0.15) is 0 Å². The van der Waals surface area contributed by atoms with Crippen LogP contribution in [0.1, 0.15) is 25.0 Å². The van der Waals surface area contributed by atoms with E-state index in [0.717, 1.165) is 17.7 Å². The number of rotatable bonds is 1. The summed E-state index contributed by atoms with van der Waals surface area (Å²) in [6, 6.07) is 6.18. The van der Waals surface area contributed by atoms with Gasteiger partial charge in [-0.1, -0.05) is 18.2 Å². The smallest absolute Gasteiger partial charge is 0.127 e. The Balaban J connectivity index is 2.45. The Morgan fingerprint density at radius 1 is 1.46 bits per heavy atom. The van der Waals surface area contributed by atoms with E-state index in [9.17, 15) is 0 Å². The molecule has 1 aromatic rings. The van der Waals surface area contributed by atoms with Gasteiger partial charge >= 0.3 is 0 Å². The van der Waals surface area contributed by atoms with E-state index in [1.165, 1.54) is 5.56 Å². The Bertz CT molecular complexity index is 331. The number of alkyl halides is 1. The fourth-order valence-corrected chi connectivity index (χ4v) is 2.00. The Hall–Kier alpha value is -0.690. The molecule has 1 aliphatic rings. The van der Waals surface area contributed by atoms with Crippen LogP contribution in [0.15, 0.2) is 18.2 Å². The lowest BCUT2D eigenvalue weighted by atomic mass is 10.0. The number of hydrogen-bond acceptors (Lipinski definition) is 1. The van der Waals surface area contributed by atoms with Crippen molar-refractivity contribution in [2.45, 2.75) is 31.7 Å². The van der Waals surface area contributed by atoms with Gasteiger partial charge in [0.1, 0.15) is 11.4 Å². The largest absolute Gasteiger partial charge is 0.487 e. The van der Waals surface area contributed by atoms with Crippen molar-refractivity contribution in [2.75, 3.05) is 0 Å². The summed E-state index contributed by atoms with van der Waals surface area (Å²) >= 11 is 5.82. The van der Waals surface area contributed by atoms with E-state index in [-0.39, 0.29) is 5.60 Å². The summed E-state index contributed by atoms with van der Waals surface area (Å²) in [5.41, 5.74) is 2.32. The predicted octanol–water partition coefficient (Wildman–Crippen LogP) is 3.14. The highest BCUT2D eigenvalue weighted by Crippen LogP contribution is 2.37. The lowest BCUT2D eigenvalue weighted by molar-refractivity contribution is 0.137. The van der Waals surface area contributed by atoms with Gasteiger partial charge in [0, 0.05) is 12.0 Å². The average molecular weight is 197 g/mol. The molecule has 0 bridgehead atoms. The highest BCUT2D eigenvalue weighted by atomic mass is 35.5. The molecule has 0 amide bonds. The molecular weight excluding hydrogens is 184 g/mol. The maximum absolute atomic E-state index is 5.83. The number of hydrogen-bond donors (Lipinski definition) is 0. The van der Waals surface area contributed by atoms with Crippen LogP contribution >= 0.6 is 11.6 Å². The Morgan fingerprint density at radius 3 is 2.92 bits per heavy atom. The van der Waals surface area contributed by atoms with Crippen LogP contribution in [-0.2, 0) is 12.3 Å². The topological polar surface area (TPSA) is 9.23 Å². The summed E-state index contributed by atoms with van der Waals surface area (Å²) in [5.74, 6) is 1.53. The van der Waals surface area contributed by atoms with E-state index in [0.29, 0.717) is 5.88 Å². The van der Waals surface area contributed by atoms with Crippen molar-refractivity contribution in [3.63, 3.8) is 0 Å². The minimum atomic E-state index is -0.0650. The fourth-order valence-electron chi connectivity index (χ4n) is 1.78. The second-order valence-electron chi connectivity index (χ2n) is 4.08. The minimum Gasteiger partial charge on any atom is -0.487 e. The highest BCUT2D eigenvalue weighted by Gasteiger charge is 2.31. The Morgan fingerprint density at radius 2 is 2.23 bits per heavy atom. The Kier molecular flexibility index (Phi) is 1.99. The number of halogens is 1. The van der Waals surface area contributed by atoms with Gasteiger partial charge < -0.3 is 4.74 Å². The van der Waals surface area contributed by atoms with Crippen LogP contribution in [0.25, 0.3) is 0 Å². The van der Waals surface area contributed by atoms with E-state index in [2.05, 4.69) is 19.9 Å². The molecule has 0 aliphatic carbocycles. The molecule has 2 rings (SSSR count). The van der Waals surface area contributed by atoms with Crippen molar-refractivity contribution < 1.29 is 4.74 Å². The zero-order valence-electron chi connectivity index (χ0n) is 7.93. The molecule has 0 radical (unpaired) electrons. The van der Waals surface area contributed by atoms with Gasteiger partial charge in [0.15, 0.2) is 0 Å². The first-order valence-corrected chi connectivity index (χ1v) is 5.01. The maximum atomic E-state index is 5.83. The molecule has 0 unspecified atom stereocenters. The summed E-state index contributed by atoms with van der Waals surface area (Å²) in [6.07, 6.45) is 0.979. The molecule has 1 heterocycles. The second kappa shape index (κ2) is 2.91. The number of benzene rings is 1. The quantitative estimate of drug-likeness (QED) is 0.627. The van der Waals surface area contributed by atoms with E-state index in [1.807, 2.05) is 12.1 Å². The Labute approximate surface area is 83.7 Å². The SMILES string of the molecule is CC1(C)Cc2cccc(CCl)c2O1. The first kappa shape index (κ1) is 8.89. The predicted molar refractivity (Wildman–Crippen MR) is 54.4 cm³/mol. The van der Waals surface area contributed by atoms with Gasteiger partial charge in [-0.3, -0.25) is 0 Å². The third-order valence-corrected chi connectivity index (χ3v) is 2.60. The minimum absolute atomic E-state index is 0.0650. The molecule has 0 saturated carbocycles. The molecule has 0 fully saturated rings. The zero-order valence-corrected chi connectivity index (χ0v) is 8.69. The first-order chi connectivity index (χ1) is 6.12. The van der Waals surface area contributed by atoms with Crippen LogP contribution in [0.2, 0.25) is 0 Å². The molecule has 0 N–H and O–H groups in total. The fraction of sp³-hybridized carbons (Fsp3) is 0.455. The summed E-state index contributed by atoms with van der Waals surface area (Å²) in [5, 5.41) is 0. The summed E-state index contributed by atoms with van der Waals surface area (Å²) in [4.78, 5) is 0. The first-order valence-electron chi connectivity index (χ1n) is 4.48. The molecule has 13 heavy (non-hydrogen) atoms. The van der Waals surface area contributed by atoms with Crippen LogP contribution < -0.4 is 4.74 Å². The van der Waals surface area contributed by atoms with Crippen molar-refractivity contribution in [2.24, 2.45) is 0 Å². The lowest BCUT2D eigenvalue weighted by Gasteiger charge is -2.17. The van der Waals surface area contributed by atoms with Gasteiger partial charge in [0.25, 0.3) is 0 Å². The van der Waals surface area contributed by atoms with Crippen LogP contribution in [0.5, 0.6) is 5.75 Å². The van der Waals surface area contributed by atoms with Crippen LogP contribution in [0.3, 0.4) is 0 Å². The van der Waals surface area contributed by atoms with E-state index in [1.54, 1.807) is 0 Å². The molecule has 0 atom stereocenters. The molecule has 1 aromatic carbocycles. The van der Waals surface area contributed by atoms with E-state index < -0.39 is 0 Å². The van der Waals surface area contributed by atoms with Crippen LogP contribution in [0, 0.1) is 0 Å². The third kappa shape index (κ3) is 1.53. The normalized spacial score (nSPS) is 18.1. The summed E-state index contributed by atoms with van der Waals surface area (Å²) in [6.45, 7) is 4.20. The van der Waals surface area contributed by atoms with Gasteiger partial charge in [-0.25, -0.2) is 0 Å². The van der Waals surface area contributed by atoms with Crippen molar-refractivity contribution in [1.29, 1.82) is 0 Å². The molecule has 2 heteroatoms. The van der Waals surface area contributed by atoms with Crippen molar-refractivity contribution in [1.82, 2.24) is 0 Å². The van der Waals surface area contributed by atoms with Gasteiger partial charge in [0.2, 0.25) is 0 Å². The lowest BCUT2D eigenvalue weighted by Crippen LogP contribution is -2.24. The number of ether oxygens (including phenoxy) is 1. The molecule has 0 aromatic heterocycles. The maximum Gasteiger partial charge on any atom is 0.127 e. The second-order valence-corrected chi connectivity index (χ2v) is 4.34. The average Bonchev–Trinajstić information content (AvgIpc) is 2.37. The van der Waals surface area contributed by atoms with Gasteiger partial charge in [-0.05, 0) is 19.4 Å². The van der Waals surface area contributed by atoms with Crippen molar-refractivity contribution >= 4 is 11.6 Å². The van der Waals surface area contributed by atoms with Crippen molar-refractivity contribution in [3.8, 4) is 5.75 Å². The summed E-state index contributed by atoms with van der Waals surface area (Å²) < 4.78 is 5.83. The number of para-hydroxylation sites is 1.